The van der Waals surface area contributed by atoms with E-state index in [4.69, 9.17) is 3.63 Å². The number of aryl methyl sites for hydroxylation is 3. The highest BCUT2D eigenvalue weighted by Crippen LogP contribution is 2.72. The van der Waals surface area contributed by atoms with Crippen LogP contribution in [0, 0.1) is 5.82 Å². The maximum Gasteiger partial charge on any atom is 0.307 e. The molecule has 0 bridgehead atoms. The second kappa shape index (κ2) is 11.0. The normalized spacial score (nSPS) is 12.4. The second-order valence-corrected chi connectivity index (χ2v) is 12.8. The molecule has 36 heavy (non-hydrogen) atoms. The van der Waals surface area contributed by atoms with Gasteiger partial charge in [-0.3, -0.25) is 0 Å². The predicted molar refractivity (Wildman–Crippen MR) is 145 cm³/mol. The van der Waals surface area contributed by atoms with Crippen molar-refractivity contribution in [3.8, 4) is 0 Å². The molecule has 188 valence electrons. The van der Waals surface area contributed by atoms with E-state index in [1.54, 1.807) is 0 Å². The van der Waals surface area contributed by atoms with Crippen LogP contribution in [0.5, 0.6) is 0 Å². The lowest BCUT2D eigenvalue weighted by molar-refractivity contribution is 0.507. The number of benzene rings is 4. The lowest BCUT2D eigenvalue weighted by Gasteiger charge is -2.42. The van der Waals surface area contributed by atoms with Gasteiger partial charge in [0.1, 0.15) is 5.82 Å². The summed E-state index contributed by atoms with van der Waals surface area (Å²) in [6.07, 6.45) is 2.34. The highest BCUT2D eigenvalue weighted by Gasteiger charge is 2.41. The van der Waals surface area contributed by atoms with Gasteiger partial charge < -0.3 is 0 Å². The molecule has 4 aromatic carbocycles. The molecule has 0 saturated heterocycles. The van der Waals surface area contributed by atoms with E-state index in [2.05, 4.69) is 32.9 Å². The molecule has 0 aliphatic heterocycles. The van der Waals surface area contributed by atoms with Gasteiger partial charge in [-0.25, -0.2) is 8.02 Å². The fourth-order valence-corrected chi connectivity index (χ4v) is 10.1. The molecule has 0 aromatic heterocycles. The van der Waals surface area contributed by atoms with Gasteiger partial charge in [-0.15, -0.1) is 0 Å². The van der Waals surface area contributed by atoms with Gasteiger partial charge in [-0.2, -0.15) is 8.42 Å². The van der Waals surface area contributed by atoms with Crippen LogP contribution in [0.2, 0.25) is 0 Å². The first-order chi connectivity index (χ1) is 17.4. The van der Waals surface area contributed by atoms with E-state index in [1.165, 1.54) is 17.7 Å². The van der Waals surface area contributed by atoms with Crippen LogP contribution in [0.4, 0.5) is 4.39 Å². The van der Waals surface area contributed by atoms with Crippen molar-refractivity contribution < 1.29 is 16.4 Å². The Hall–Kier alpha value is -2.93. The number of rotatable bonds is 9. The van der Waals surface area contributed by atoms with Crippen molar-refractivity contribution >= 4 is 20.4 Å². The van der Waals surface area contributed by atoms with Gasteiger partial charge in [0.05, 0.1) is 4.90 Å². The molecule has 0 heterocycles. The predicted octanol–water partition coefficient (Wildman–Crippen LogP) is 8.12. The molecular formula is C30H31FO3S2. The molecule has 0 atom stereocenters. The number of halogens is 1. The molecule has 3 nitrogen and oxygen atoms in total. The summed E-state index contributed by atoms with van der Waals surface area (Å²) in [5.41, 5.74) is 3.36. The zero-order valence-corrected chi connectivity index (χ0v) is 22.4. The fourth-order valence-electron chi connectivity index (χ4n) is 4.41. The SMILES string of the molecule is CCc1cc(CC)c(S(OS(=O)(=O)c2ccc(F)cc2)(c2ccccc2)c2ccccc2)c(CC)c1. The minimum Gasteiger partial charge on any atom is -0.207 e. The summed E-state index contributed by atoms with van der Waals surface area (Å²) in [7, 11) is -7.02. The quantitative estimate of drug-likeness (QED) is 0.223. The molecule has 0 spiro atoms. The topological polar surface area (TPSA) is 43.4 Å². The lowest BCUT2D eigenvalue weighted by atomic mass is 10.0. The van der Waals surface area contributed by atoms with Gasteiger partial charge in [0.2, 0.25) is 0 Å². The molecule has 0 aliphatic rings. The smallest absolute Gasteiger partial charge is 0.207 e. The fraction of sp³-hybridized carbons (Fsp3) is 0.200. The van der Waals surface area contributed by atoms with Crippen LogP contribution in [0.15, 0.2) is 117 Å². The van der Waals surface area contributed by atoms with Crippen LogP contribution in [0.1, 0.15) is 37.5 Å². The van der Waals surface area contributed by atoms with E-state index in [0.29, 0.717) is 0 Å². The van der Waals surface area contributed by atoms with Crippen LogP contribution >= 0.6 is 10.3 Å². The van der Waals surface area contributed by atoms with Crippen LogP contribution in [-0.2, 0) is 33.0 Å². The van der Waals surface area contributed by atoms with Gasteiger partial charge in [0.25, 0.3) is 0 Å². The lowest BCUT2D eigenvalue weighted by Crippen LogP contribution is -2.17. The summed E-state index contributed by atoms with van der Waals surface area (Å²) in [4.78, 5) is 2.42. The highest BCUT2D eigenvalue weighted by atomic mass is 32.3. The Bertz CT molecular complexity index is 1350. The Labute approximate surface area is 215 Å². The molecule has 0 N–H and O–H groups in total. The Kier molecular flexibility index (Phi) is 7.98. The van der Waals surface area contributed by atoms with Crippen molar-refractivity contribution in [2.24, 2.45) is 0 Å². The number of hydrogen-bond acceptors (Lipinski definition) is 3. The summed E-state index contributed by atoms with van der Waals surface area (Å²) < 4.78 is 47.9. The van der Waals surface area contributed by atoms with E-state index in [1.807, 2.05) is 60.7 Å². The van der Waals surface area contributed by atoms with Crippen LogP contribution in [0.3, 0.4) is 0 Å². The molecule has 4 rings (SSSR count). The Morgan fingerprint density at radius 1 is 0.639 bits per heavy atom. The van der Waals surface area contributed by atoms with Gasteiger partial charge in [0, 0.05) is 14.7 Å². The van der Waals surface area contributed by atoms with Crippen LogP contribution < -0.4 is 0 Å². The monoisotopic (exact) mass is 522 g/mol. The Balaban J connectivity index is 2.13. The third-order valence-corrected chi connectivity index (χ3v) is 11.6. The summed E-state index contributed by atoms with van der Waals surface area (Å²) in [5, 5.41) is 0. The zero-order valence-electron chi connectivity index (χ0n) is 20.8. The zero-order chi connectivity index (χ0) is 25.8. The van der Waals surface area contributed by atoms with Crippen molar-refractivity contribution in [3.63, 3.8) is 0 Å². The minimum absolute atomic E-state index is 0.0751. The van der Waals surface area contributed by atoms with Crippen molar-refractivity contribution in [2.75, 3.05) is 0 Å². The van der Waals surface area contributed by atoms with Gasteiger partial charge >= 0.3 is 10.1 Å². The molecule has 0 unspecified atom stereocenters. The standard InChI is InChI=1S/C30H31FO3S2/c1-4-23-21-24(5-2)30(25(6-3)22-23)35(27-13-9-7-10-14-27,28-15-11-8-12-16-28)34-36(32,33)29-19-17-26(31)18-20-29/h7-22H,4-6H2,1-3H3. The molecule has 0 saturated carbocycles. The minimum atomic E-state index is -4.27. The molecule has 0 aliphatic carbocycles. The average Bonchev–Trinajstić information content (AvgIpc) is 2.92. The summed E-state index contributed by atoms with van der Waals surface area (Å²) in [5.74, 6) is -0.504. The maximum absolute atomic E-state index is 13.9. The Morgan fingerprint density at radius 3 is 1.53 bits per heavy atom. The van der Waals surface area contributed by atoms with E-state index in [9.17, 15) is 12.8 Å². The second-order valence-electron chi connectivity index (χ2n) is 8.46. The summed E-state index contributed by atoms with van der Waals surface area (Å²) >= 11 is 0. The largest absolute Gasteiger partial charge is 0.307 e. The maximum atomic E-state index is 13.9. The van der Waals surface area contributed by atoms with E-state index in [0.717, 1.165) is 57.2 Å². The average molecular weight is 523 g/mol. The van der Waals surface area contributed by atoms with E-state index in [-0.39, 0.29) is 4.90 Å². The molecular weight excluding hydrogens is 491 g/mol. The van der Waals surface area contributed by atoms with E-state index >= 15 is 0 Å². The van der Waals surface area contributed by atoms with Crippen molar-refractivity contribution in [1.82, 2.24) is 0 Å². The van der Waals surface area contributed by atoms with Gasteiger partial charge in [0.15, 0.2) is 0 Å². The molecule has 4 aromatic rings. The van der Waals surface area contributed by atoms with Gasteiger partial charge in [-0.05, 0) is 94.8 Å². The van der Waals surface area contributed by atoms with Crippen LogP contribution in [0.25, 0.3) is 0 Å². The first kappa shape index (κ1) is 26.1. The molecule has 0 fully saturated rings. The van der Waals surface area contributed by atoms with Crippen molar-refractivity contribution in [1.29, 1.82) is 0 Å². The molecule has 0 amide bonds. The first-order valence-corrected chi connectivity index (χ1v) is 15.1. The summed E-state index contributed by atoms with van der Waals surface area (Å²) in [6, 6.07) is 28.4. The Morgan fingerprint density at radius 2 is 1.11 bits per heavy atom. The highest BCUT2D eigenvalue weighted by molar-refractivity contribution is 8.33. The first-order valence-electron chi connectivity index (χ1n) is 12.2. The van der Waals surface area contributed by atoms with Crippen molar-refractivity contribution in [2.45, 2.75) is 59.6 Å². The molecule has 0 radical (unpaired) electrons. The van der Waals surface area contributed by atoms with E-state index < -0.39 is 26.2 Å². The van der Waals surface area contributed by atoms with Gasteiger partial charge in [-0.1, -0.05) is 69.3 Å². The third kappa shape index (κ3) is 4.99. The van der Waals surface area contributed by atoms with Crippen molar-refractivity contribution in [3.05, 3.63) is 120 Å². The molecule has 6 heteroatoms. The third-order valence-electron chi connectivity index (χ3n) is 6.20. The summed E-state index contributed by atoms with van der Waals surface area (Å²) in [6.45, 7) is 6.30. The van der Waals surface area contributed by atoms with Crippen LogP contribution in [-0.4, -0.2) is 8.42 Å². The number of hydrogen-bond donors (Lipinski definition) is 0.